The second kappa shape index (κ2) is 21.8. The number of nitrogens with one attached hydrogen (secondary N) is 2. The van der Waals surface area contributed by atoms with Gasteiger partial charge in [0.2, 0.25) is 11.8 Å². The Labute approximate surface area is 426 Å². The highest BCUT2D eigenvalue weighted by Crippen LogP contribution is 2.42. The van der Waals surface area contributed by atoms with Crippen molar-refractivity contribution in [3.63, 3.8) is 0 Å². The molecule has 3 N–H and O–H groups in total. The summed E-state index contributed by atoms with van der Waals surface area (Å²) in [6.45, 7) is 7.08. The van der Waals surface area contributed by atoms with Crippen molar-refractivity contribution >= 4 is 52.3 Å². The molecule has 0 saturated carbocycles. The van der Waals surface area contributed by atoms with E-state index in [1.807, 2.05) is 85.5 Å². The molecule has 0 spiro atoms. The molecule has 380 valence electrons. The topological polar surface area (TPSA) is 181 Å². The van der Waals surface area contributed by atoms with Gasteiger partial charge in [0, 0.05) is 72.3 Å². The van der Waals surface area contributed by atoms with E-state index in [-0.39, 0.29) is 73.8 Å². The van der Waals surface area contributed by atoms with Gasteiger partial charge < -0.3 is 39.8 Å². The van der Waals surface area contributed by atoms with Crippen LogP contribution in [0.15, 0.2) is 91.0 Å². The molecule has 0 saturated heterocycles. The Kier molecular flexibility index (Phi) is 15.1. The number of para-hydroxylation sites is 2. The molecule has 0 radical (unpaired) electrons. The number of fused-ring (bicyclic) bond motifs is 8. The van der Waals surface area contributed by atoms with Gasteiger partial charge in [-0.25, -0.2) is 0 Å². The third-order valence-electron chi connectivity index (χ3n) is 14.8. The fourth-order valence-electron chi connectivity index (χ4n) is 10.8. The number of nitrogens with zero attached hydrogens (tertiary/aromatic N) is 2. The first-order valence-electron chi connectivity index (χ1n) is 25.6. The van der Waals surface area contributed by atoms with E-state index in [9.17, 15) is 33.9 Å². The molecule has 1 unspecified atom stereocenters. The fourth-order valence-corrected chi connectivity index (χ4v) is 10.8. The van der Waals surface area contributed by atoms with E-state index < -0.39 is 24.0 Å². The van der Waals surface area contributed by atoms with Gasteiger partial charge >= 0.3 is 0 Å². The van der Waals surface area contributed by atoms with Crippen LogP contribution < -0.4 is 34.6 Å². The quantitative estimate of drug-likeness (QED) is 0.0677. The van der Waals surface area contributed by atoms with Crippen LogP contribution in [0.5, 0.6) is 17.2 Å². The highest BCUT2D eigenvalue weighted by atomic mass is 16.5. The number of aliphatic hydroxyl groups excluding tert-OH is 1. The highest BCUT2D eigenvalue weighted by Gasteiger charge is 2.42. The summed E-state index contributed by atoms with van der Waals surface area (Å²) < 4.78 is 18.8. The van der Waals surface area contributed by atoms with Gasteiger partial charge in [0.1, 0.15) is 24.7 Å². The summed E-state index contributed by atoms with van der Waals surface area (Å²) in [5.74, 6) is -0.366. The zero-order chi connectivity index (χ0) is 51.5. The molecule has 14 nitrogen and oxygen atoms in total. The number of amides is 4. The number of ketones is 2. The number of methoxy groups -OCH3 is 1. The van der Waals surface area contributed by atoms with Crippen LogP contribution in [-0.2, 0) is 58.1 Å². The van der Waals surface area contributed by atoms with E-state index in [0.29, 0.717) is 89.3 Å². The number of anilines is 3. The molecule has 4 aliphatic heterocycles. The van der Waals surface area contributed by atoms with Crippen molar-refractivity contribution in [2.24, 2.45) is 5.92 Å². The van der Waals surface area contributed by atoms with Crippen LogP contribution in [0.25, 0.3) is 0 Å². The molecule has 14 heteroatoms. The Morgan fingerprint density at radius 3 is 2.07 bits per heavy atom. The molecule has 0 fully saturated rings. The zero-order valence-electron chi connectivity index (χ0n) is 42.3. The standard InChI is InChI=1S/C59H64N4O10/c1-6-45(64)15-9-12-18-56(67)60-36(4)51(65)22-35(3)57(68)61-43-24-37(32-72-53-30-42-28-52(66)50-27-41-14-8-11-17-49(41)63(50)59(70)46(42)21-34(53)2)23-38(25-43)33-73-55-29-39-19-20-44-26-40-13-7-10-16-48(40)62(44)58(69)47(39)31-54(55)71-5/h7-8,10-11,13-14,16-17,21,23-25,29-31,35-36,44,50,52,66H,6,9,12,15,18-20,22,26-28,32-33H2,1-5H3,(H,60,67)(H,61,68)/t35-,36-,44-,50+,52?/m1/s1. The van der Waals surface area contributed by atoms with Crippen molar-refractivity contribution in [1.29, 1.82) is 0 Å². The third kappa shape index (κ3) is 10.9. The molecule has 5 aromatic rings. The average molecular weight is 989 g/mol. The van der Waals surface area contributed by atoms with Gasteiger partial charge in [0.15, 0.2) is 17.3 Å². The Bertz CT molecular complexity index is 2990. The van der Waals surface area contributed by atoms with Crippen LogP contribution in [-0.4, -0.2) is 71.6 Å². The van der Waals surface area contributed by atoms with Crippen LogP contribution >= 0.6 is 0 Å². The molecule has 4 heterocycles. The van der Waals surface area contributed by atoms with Gasteiger partial charge in [-0.1, -0.05) is 50.2 Å². The van der Waals surface area contributed by atoms with Crippen molar-refractivity contribution < 1.29 is 48.1 Å². The molecule has 9 rings (SSSR count). The zero-order valence-corrected chi connectivity index (χ0v) is 42.3. The summed E-state index contributed by atoms with van der Waals surface area (Å²) in [7, 11) is 1.54. The van der Waals surface area contributed by atoms with E-state index >= 15 is 0 Å². The van der Waals surface area contributed by atoms with E-state index in [0.717, 1.165) is 40.9 Å². The number of ether oxygens (including phenoxy) is 3. The van der Waals surface area contributed by atoms with Crippen molar-refractivity contribution in [3.05, 3.63) is 141 Å². The number of hydrogen-bond donors (Lipinski definition) is 3. The monoisotopic (exact) mass is 988 g/mol. The molecule has 0 bridgehead atoms. The van der Waals surface area contributed by atoms with Crippen LogP contribution in [0.3, 0.4) is 0 Å². The Morgan fingerprint density at radius 1 is 0.726 bits per heavy atom. The van der Waals surface area contributed by atoms with Gasteiger partial charge in [-0.2, -0.15) is 0 Å². The number of benzene rings is 5. The van der Waals surface area contributed by atoms with E-state index in [1.54, 1.807) is 44.1 Å². The lowest BCUT2D eigenvalue weighted by molar-refractivity contribution is -0.129. The van der Waals surface area contributed by atoms with Crippen LogP contribution in [0.1, 0.15) is 125 Å². The van der Waals surface area contributed by atoms with E-state index in [4.69, 9.17) is 14.2 Å². The van der Waals surface area contributed by atoms with Gasteiger partial charge in [0.05, 0.1) is 25.3 Å². The molecule has 4 amide bonds. The summed E-state index contributed by atoms with van der Waals surface area (Å²) >= 11 is 0. The summed E-state index contributed by atoms with van der Waals surface area (Å²) in [4.78, 5) is 83.2. The molecular formula is C59H64N4O10. The van der Waals surface area contributed by atoms with Gasteiger partial charge in [-0.15, -0.1) is 0 Å². The predicted octanol–water partition coefficient (Wildman–Crippen LogP) is 8.75. The molecule has 4 aliphatic rings. The first kappa shape index (κ1) is 50.6. The maximum atomic E-state index is 14.1. The minimum Gasteiger partial charge on any atom is -0.493 e. The average Bonchev–Trinajstić information content (AvgIpc) is 3.90. The largest absolute Gasteiger partial charge is 0.493 e. The molecule has 5 atom stereocenters. The van der Waals surface area contributed by atoms with Gasteiger partial charge in [-0.05, 0) is 146 Å². The van der Waals surface area contributed by atoms with E-state index in [1.165, 1.54) is 5.56 Å². The fraction of sp³-hybridized carbons (Fsp3) is 0.390. The summed E-state index contributed by atoms with van der Waals surface area (Å²) in [5, 5.41) is 17.2. The SMILES string of the molecule is CCC(=O)CCCCC(=O)N[C@H](C)C(=O)C[C@@H](C)C(=O)Nc1cc(COc2cc3c(cc2C)C(=O)N2c4ccccc4C[C@H]2C(O)C3)cc(COc2cc3c(cc2OC)C(=O)N2c4ccccc4C[C@H]2CC3)c1. The lowest BCUT2D eigenvalue weighted by Gasteiger charge is -2.26. The lowest BCUT2D eigenvalue weighted by atomic mass is 9.96. The number of rotatable bonds is 19. The Hall–Kier alpha value is -7.32. The summed E-state index contributed by atoms with van der Waals surface area (Å²) in [6.07, 6.45) is 4.46. The summed E-state index contributed by atoms with van der Waals surface area (Å²) in [6, 6.07) is 27.5. The van der Waals surface area contributed by atoms with Crippen LogP contribution in [0.4, 0.5) is 17.1 Å². The minimum atomic E-state index is -0.798. The number of aryl methyl sites for hydroxylation is 2. The molecule has 0 aliphatic carbocycles. The normalized spacial score (nSPS) is 18.1. The molecule has 0 aromatic heterocycles. The van der Waals surface area contributed by atoms with Crippen molar-refractivity contribution in [1.82, 2.24) is 5.32 Å². The lowest BCUT2D eigenvalue weighted by Crippen LogP contribution is -2.43. The number of aliphatic hydroxyl groups is 1. The number of carbonyl (C=O) groups excluding carboxylic acids is 6. The summed E-state index contributed by atoms with van der Waals surface area (Å²) in [5.41, 5.74) is 9.20. The molecule has 5 aromatic carbocycles. The van der Waals surface area contributed by atoms with Crippen molar-refractivity contribution in [3.8, 4) is 17.2 Å². The van der Waals surface area contributed by atoms with Gasteiger partial charge in [0.25, 0.3) is 11.8 Å². The third-order valence-corrected chi connectivity index (χ3v) is 14.8. The van der Waals surface area contributed by atoms with Gasteiger partial charge in [-0.3, -0.25) is 28.8 Å². The first-order chi connectivity index (χ1) is 35.2. The van der Waals surface area contributed by atoms with Crippen LogP contribution in [0.2, 0.25) is 0 Å². The predicted molar refractivity (Wildman–Crippen MR) is 278 cm³/mol. The highest BCUT2D eigenvalue weighted by molar-refractivity contribution is 6.10. The Morgan fingerprint density at radius 2 is 1.36 bits per heavy atom. The second-order valence-corrected chi connectivity index (χ2v) is 20.0. The minimum absolute atomic E-state index is 0.0562. The van der Waals surface area contributed by atoms with Crippen molar-refractivity contribution in [2.45, 2.75) is 136 Å². The number of carbonyl (C=O) groups is 6. The van der Waals surface area contributed by atoms with E-state index in [2.05, 4.69) is 16.7 Å². The molecule has 73 heavy (non-hydrogen) atoms. The maximum Gasteiger partial charge on any atom is 0.258 e. The van der Waals surface area contributed by atoms with Crippen LogP contribution in [0, 0.1) is 12.8 Å². The van der Waals surface area contributed by atoms with Crippen molar-refractivity contribution in [2.75, 3.05) is 22.2 Å². The molecular weight excluding hydrogens is 925 g/mol. The second-order valence-electron chi connectivity index (χ2n) is 20.0. The first-order valence-corrected chi connectivity index (χ1v) is 25.6. The smallest absolute Gasteiger partial charge is 0.258 e. The number of unbranched alkanes of at least 4 members (excludes halogenated alkanes) is 1. The number of hydrogen-bond acceptors (Lipinski definition) is 10. The Balaban J connectivity index is 0.926. The number of Topliss-reactive ketones (excluding diaryl/α,β-unsaturated/α-hetero) is 2. The maximum absolute atomic E-state index is 14.1.